The van der Waals surface area contributed by atoms with Crippen molar-refractivity contribution in [3.63, 3.8) is 0 Å². The molecule has 0 radical (unpaired) electrons. The van der Waals surface area contributed by atoms with E-state index in [0.717, 1.165) is 4.88 Å². The number of nitrogens with one attached hydrogen (secondary N) is 1. The third-order valence-electron chi connectivity index (χ3n) is 2.73. The lowest BCUT2D eigenvalue weighted by atomic mass is 10.2. The first-order valence-electron chi connectivity index (χ1n) is 6.63. The molecule has 0 fully saturated rings. The van der Waals surface area contributed by atoms with Gasteiger partial charge in [-0.1, -0.05) is 0 Å². The summed E-state index contributed by atoms with van der Waals surface area (Å²) in [5.74, 6) is -0.177. The molecule has 2 N–H and O–H groups in total. The average Bonchev–Trinajstić information content (AvgIpc) is 2.80. The largest absolute Gasteiger partial charge is 0.392 e. The zero-order chi connectivity index (χ0) is 15.3. The van der Waals surface area contributed by atoms with E-state index in [1.165, 1.54) is 18.3 Å². The summed E-state index contributed by atoms with van der Waals surface area (Å²) in [6, 6.07) is 3.63. The van der Waals surface area contributed by atoms with Crippen LogP contribution in [0.4, 0.5) is 0 Å². The number of nitrogens with zero attached hydrogens (tertiary/aromatic N) is 1. The van der Waals surface area contributed by atoms with Gasteiger partial charge >= 0.3 is 0 Å². The van der Waals surface area contributed by atoms with E-state index in [9.17, 15) is 14.7 Å². The molecular formula is C14H22N2O3S. The molecule has 1 atom stereocenters. The van der Waals surface area contributed by atoms with Crippen molar-refractivity contribution in [3.05, 3.63) is 21.9 Å². The molecule has 1 unspecified atom stereocenters. The van der Waals surface area contributed by atoms with Crippen molar-refractivity contribution >= 4 is 23.2 Å². The van der Waals surface area contributed by atoms with Crippen molar-refractivity contribution in [1.82, 2.24) is 10.2 Å². The SMILES string of the molecule is CC(=O)NCc1ccc(C(=O)N(CC(C)O)C(C)C)s1. The molecule has 20 heavy (non-hydrogen) atoms. The monoisotopic (exact) mass is 298 g/mol. The highest BCUT2D eigenvalue weighted by Crippen LogP contribution is 2.19. The molecule has 1 rings (SSSR count). The quantitative estimate of drug-likeness (QED) is 0.838. The van der Waals surface area contributed by atoms with Gasteiger partial charge < -0.3 is 15.3 Å². The van der Waals surface area contributed by atoms with Gasteiger partial charge in [0.05, 0.1) is 17.5 Å². The van der Waals surface area contributed by atoms with Gasteiger partial charge in [0.25, 0.3) is 5.91 Å². The van der Waals surface area contributed by atoms with Gasteiger partial charge in [-0.05, 0) is 32.9 Å². The molecule has 1 aromatic heterocycles. The predicted molar refractivity (Wildman–Crippen MR) is 79.7 cm³/mol. The molecule has 0 saturated carbocycles. The highest BCUT2D eigenvalue weighted by molar-refractivity contribution is 7.14. The van der Waals surface area contributed by atoms with Crippen LogP contribution in [0, 0.1) is 0 Å². The number of hydrogen-bond donors (Lipinski definition) is 2. The Bertz CT molecular complexity index is 469. The Morgan fingerprint density at radius 1 is 1.35 bits per heavy atom. The van der Waals surface area contributed by atoms with Crippen LogP contribution in [0.3, 0.4) is 0 Å². The molecule has 112 valence electrons. The third-order valence-corrected chi connectivity index (χ3v) is 3.80. The lowest BCUT2D eigenvalue weighted by Gasteiger charge is -2.27. The third kappa shape index (κ3) is 4.94. The first-order valence-corrected chi connectivity index (χ1v) is 7.45. The lowest BCUT2D eigenvalue weighted by Crippen LogP contribution is -2.41. The van der Waals surface area contributed by atoms with Crippen molar-refractivity contribution in [2.75, 3.05) is 6.54 Å². The molecule has 2 amide bonds. The number of hydrogen-bond acceptors (Lipinski definition) is 4. The van der Waals surface area contributed by atoms with Crippen LogP contribution >= 0.6 is 11.3 Å². The van der Waals surface area contributed by atoms with Gasteiger partial charge in [-0.25, -0.2) is 0 Å². The minimum Gasteiger partial charge on any atom is -0.392 e. The molecule has 0 bridgehead atoms. The van der Waals surface area contributed by atoms with Gasteiger partial charge in [0, 0.05) is 24.4 Å². The number of rotatable bonds is 6. The van der Waals surface area contributed by atoms with Gasteiger partial charge in [0.2, 0.25) is 5.91 Å². The summed E-state index contributed by atoms with van der Waals surface area (Å²) in [6.45, 7) is 7.72. The van der Waals surface area contributed by atoms with E-state index in [0.29, 0.717) is 18.0 Å². The molecule has 1 heterocycles. The molecule has 0 aromatic carbocycles. The summed E-state index contributed by atoms with van der Waals surface area (Å²) < 4.78 is 0. The molecule has 0 spiro atoms. The Morgan fingerprint density at radius 2 is 2.00 bits per heavy atom. The number of carbonyl (C=O) groups is 2. The standard InChI is InChI=1S/C14H22N2O3S/c1-9(2)16(8-10(3)17)14(19)13-6-5-12(20-13)7-15-11(4)18/h5-6,9-10,17H,7-8H2,1-4H3,(H,15,18). The van der Waals surface area contributed by atoms with Crippen LogP contribution in [0.1, 0.15) is 42.2 Å². The maximum Gasteiger partial charge on any atom is 0.264 e. The fourth-order valence-electron chi connectivity index (χ4n) is 1.75. The van der Waals surface area contributed by atoms with Gasteiger partial charge in [0.1, 0.15) is 0 Å². The van der Waals surface area contributed by atoms with E-state index in [1.807, 2.05) is 19.9 Å². The molecule has 0 aliphatic carbocycles. The zero-order valence-electron chi connectivity index (χ0n) is 12.3. The topological polar surface area (TPSA) is 69.6 Å². The average molecular weight is 298 g/mol. The minimum absolute atomic E-state index is 0.0259. The highest BCUT2D eigenvalue weighted by Gasteiger charge is 2.21. The Balaban J connectivity index is 2.77. The van der Waals surface area contributed by atoms with E-state index in [4.69, 9.17) is 0 Å². The van der Waals surface area contributed by atoms with Crippen LogP contribution in [-0.4, -0.2) is 40.5 Å². The summed E-state index contributed by atoms with van der Waals surface area (Å²) in [4.78, 5) is 26.5. The van der Waals surface area contributed by atoms with Crippen molar-refractivity contribution in [3.8, 4) is 0 Å². The maximum atomic E-state index is 12.4. The van der Waals surface area contributed by atoms with Crippen LogP contribution in [0.25, 0.3) is 0 Å². The molecular weight excluding hydrogens is 276 g/mol. The lowest BCUT2D eigenvalue weighted by molar-refractivity contribution is -0.119. The molecule has 1 aromatic rings. The zero-order valence-corrected chi connectivity index (χ0v) is 13.2. The Morgan fingerprint density at radius 3 is 2.50 bits per heavy atom. The first-order chi connectivity index (χ1) is 9.31. The smallest absolute Gasteiger partial charge is 0.264 e. The number of aliphatic hydroxyl groups is 1. The highest BCUT2D eigenvalue weighted by atomic mass is 32.1. The van der Waals surface area contributed by atoms with E-state index in [1.54, 1.807) is 17.9 Å². The van der Waals surface area contributed by atoms with Crippen LogP contribution in [-0.2, 0) is 11.3 Å². The number of amides is 2. The van der Waals surface area contributed by atoms with E-state index in [-0.39, 0.29) is 17.9 Å². The number of thiophene rings is 1. The summed E-state index contributed by atoms with van der Waals surface area (Å²) in [6.07, 6.45) is -0.555. The minimum atomic E-state index is -0.555. The van der Waals surface area contributed by atoms with Gasteiger partial charge in [-0.3, -0.25) is 9.59 Å². The normalized spacial score (nSPS) is 12.3. The summed E-state index contributed by atoms with van der Waals surface area (Å²) in [5.41, 5.74) is 0. The number of carbonyl (C=O) groups excluding carboxylic acids is 2. The van der Waals surface area contributed by atoms with Crippen LogP contribution in [0.2, 0.25) is 0 Å². The van der Waals surface area contributed by atoms with E-state index in [2.05, 4.69) is 5.32 Å². The van der Waals surface area contributed by atoms with E-state index < -0.39 is 6.10 Å². The molecule has 6 heteroatoms. The van der Waals surface area contributed by atoms with Crippen LogP contribution in [0.15, 0.2) is 12.1 Å². The summed E-state index contributed by atoms with van der Waals surface area (Å²) in [5, 5.41) is 12.2. The molecule has 0 aliphatic rings. The number of aliphatic hydroxyl groups excluding tert-OH is 1. The second-order valence-electron chi connectivity index (χ2n) is 5.08. The predicted octanol–water partition coefficient (Wildman–Crippen LogP) is 1.62. The van der Waals surface area contributed by atoms with Gasteiger partial charge in [0.15, 0.2) is 0 Å². The Labute approximate surface area is 123 Å². The Kier molecular flexibility index (Phi) is 6.16. The van der Waals surface area contributed by atoms with Gasteiger partial charge in [-0.15, -0.1) is 11.3 Å². The molecule has 0 saturated heterocycles. The summed E-state index contributed by atoms with van der Waals surface area (Å²) in [7, 11) is 0. The summed E-state index contributed by atoms with van der Waals surface area (Å²) >= 11 is 1.37. The fraction of sp³-hybridized carbons (Fsp3) is 0.571. The second kappa shape index (κ2) is 7.40. The molecule has 5 nitrogen and oxygen atoms in total. The van der Waals surface area contributed by atoms with Crippen molar-refractivity contribution in [2.45, 2.75) is 46.4 Å². The van der Waals surface area contributed by atoms with Crippen LogP contribution in [0.5, 0.6) is 0 Å². The second-order valence-corrected chi connectivity index (χ2v) is 6.24. The Hall–Kier alpha value is -1.40. The fourth-order valence-corrected chi connectivity index (χ4v) is 2.66. The van der Waals surface area contributed by atoms with E-state index >= 15 is 0 Å². The van der Waals surface area contributed by atoms with Crippen molar-refractivity contribution < 1.29 is 14.7 Å². The van der Waals surface area contributed by atoms with Crippen molar-refractivity contribution in [1.29, 1.82) is 0 Å². The van der Waals surface area contributed by atoms with Crippen LogP contribution < -0.4 is 5.32 Å². The van der Waals surface area contributed by atoms with Gasteiger partial charge in [-0.2, -0.15) is 0 Å². The maximum absolute atomic E-state index is 12.4. The van der Waals surface area contributed by atoms with Crippen molar-refractivity contribution in [2.24, 2.45) is 0 Å². The first kappa shape index (κ1) is 16.7. The molecule has 0 aliphatic heterocycles.